The van der Waals surface area contributed by atoms with Gasteiger partial charge in [-0.2, -0.15) is 0 Å². The number of amides is 1. The van der Waals surface area contributed by atoms with Crippen LogP contribution in [-0.2, 0) is 17.8 Å². The van der Waals surface area contributed by atoms with Crippen molar-refractivity contribution < 1.29 is 14.3 Å². The highest BCUT2D eigenvalue weighted by molar-refractivity contribution is 5.86. The largest absolute Gasteiger partial charge is 0.454 e. The SMILES string of the molecule is CCN1CCC(N[C@@H]2C[C@@H](C(=O)NCCc3ccc4c(c3)OCO4)N(Cc3cccc4ccccc34)C2)CC1. The van der Waals surface area contributed by atoms with E-state index in [-0.39, 0.29) is 18.7 Å². The molecule has 3 aromatic carbocycles. The van der Waals surface area contributed by atoms with Gasteiger partial charge in [-0.25, -0.2) is 0 Å². The predicted molar refractivity (Wildman–Crippen MR) is 154 cm³/mol. The number of hydrogen-bond donors (Lipinski definition) is 2. The van der Waals surface area contributed by atoms with E-state index in [1.807, 2.05) is 18.2 Å². The molecule has 2 saturated heterocycles. The molecule has 0 spiro atoms. The summed E-state index contributed by atoms with van der Waals surface area (Å²) in [6.07, 6.45) is 3.96. The number of carbonyl (C=O) groups excluding carboxylic acids is 1. The monoisotopic (exact) mass is 528 g/mol. The predicted octanol–water partition coefficient (Wildman–Crippen LogP) is 3.94. The van der Waals surface area contributed by atoms with Crippen molar-refractivity contribution in [1.82, 2.24) is 20.4 Å². The van der Waals surface area contributed by atoms with Crippen molar-refractivity contribution >= 4 is 16.7 Å². The molecule has 3 aromatic rings. The molecule has 2 N–H and O–H groups in total. The molecule has 1 amide bonds. The van der Waals surface area contributed by atoms with Crippen molar-refractivity contribution in [3.63, 3.8) is 0 Å². The minimum Gasteiger partial charge on any atom is -0.454 e. The first kappa shape index (κ1) is 26.1. The molecule has 3 aliphatic heterocycles. The Kier molecular flexibility index (Phi) is 8.00. The van der Waals surface area contributed by atoms with Crippen molar-refractivity contribution in [2.45, 2.75) is 57.3 Å². The molecule has 7 heteroatoms. The number of hydrogen-bond acceptors (Lipinski definition) is 6. The lowest BCUT2D eigenvalue weighted by Gasteiger charge is -2.33. The van der Waals surface area contributed by atoms with Crippen LogP contribution in [0.2, 0.25) is 0 Å². The number of piperidine rings is 1. The molecule has 2 atom stereocenters. The lowest BCUT2D eigenvalue weighted by atomic mass is 10.0. The van der Waals surface area contributed by atoms with Crippen molar-refractivity contribution in [1.29, 1.82) is 0 Å². The Balaban J connectivity index is 1.12. The molecule has 6 rings (SSSR count). The van der Waals surface area contributed by atoms with Gasteiger partial charge in [0, 0.05) is 31.7 Å². The average molecular weight is 529 g/mol. The van der Waals surface area contributed by atoms with Crippen LogP contribution in [0.15, 0.2) is 60.7 Å². The van der Waals surface area contributed by atoms with Crippen molar-refractivity contribution in [2.24, 2.45) is 0 Å². The van der Waals surface area contributed by atoms with Gasteiger partial charge in [0.25, 0.3) is 0 Å². The zero-order chi connectivity index (χ0) is 26.6. The Labute approximate surface area is 231 Å². The zero-order valence-corrected chi connectivity index (χ0v) is 22.9. The van der Waals surface area contributed by atoms with Gasteiger partial charge in [-0.3, -0.25) is 9.69 Å². The fourth-order valence-corrected chi connectivity index (χ4v) is 6.41. The maximum absolute atomic E-state index is 13.6. The van der Waals surface area contributed by atoms with Crippen molar-refractivity contribution in [3.05, 3.63) is 71.8 Å². The summed E-state index contributed by atoms with van der Waals surface area (Å²) in [7, 11) is 0. The van der Waals surface area contributed by atoms with E-state index in [9.17, 15) is 4.79 Å². The van der Waals surface area contributed by atoms with E-state index in [0.717, 1.165) is 62.6 Å². The minimum atomic E-state index is -0.144. The van der Waals surface area contributed by atoms with Gasteiger partial charge in [0.15, 0.2) is 11.5 Å². The maximum Gasteiger partial charge on any atom is 0.237 e. The first-order valence-electron chi connectivity index (χ1n) is 14.5. The molecule has 0 saturated carbocycles. The molecule has 0 aromatic heterocycles. The molecule has 206 valence electrons. The number of ether oxygens (including phenoxy) is 2. The topological polar surface area (TPSA) is 66.1 Å². The van der Waals surface area contributed by atoms with Crippen molar-refractivity contribution in [3.8, 4) is 11.5 Å². The molecule has 39 heavy (non-hydrogen) atoms. The van der Waals surface area contributed by atoms with E-state index in [0.29, 0.717) is 18.6 Å². The second kappa shape index (κ2) is 11.9. The third kappa shape index (κ3) is 6.06. The van der Waals surface area contributed by atoms with Crippen LogP contribution in [-0.4, -0.2) is 73.3 Å². The van der Waals surface area contributed by atoms with Gasteiger partial charge in [0.1, 0.15) is 0 Å². The lowest BCUT2D eigenvalue weighted by molar-refractivity contribution is -0.125. The summed E-state index contributed by atoms with van der Waals surface area (Å²) in [5.74, 6) is 1.70. The Bertz CT molecular complexity index is 1280. The Morgan fingerprint density at radius 2 is 1.79 bits per heavy atom. The first-order valence-corrected chi connectivity index (χ1v) is 14.5. The van der Waals surface area contributed by atoms with Crippen LogP contribution in [0.3, 0.4) is 0 Å². The molecule has 3 heterocycles. The molecule has 0 radical (unpaired) electrons. The summed E-state index contributed by atoms with van der Waals surface area (Å²) < 4.78 is 10.9. The van der Waals surface area contributed by atoms with E-state index in [4.69, 9.17) is 9.47 Å². The first-order chi connectivity index (χ1) is 19.2. The smallest absolute Gasteiger partial charge is 0.237 e. The summed E-state index contributed by atoms with van der Waals surface area (Å²) in [6.45, 7) is 8.22. The molecule has 0 unspecified atom stereocenters. The van der Waals surface area contributed by atoms with Crippen LogP contribution in [0.25, 0.3) is 10.8 Å². The normalized spacial score (nSPS) is 22.0. The molecule has 0 aliphatic carbocycles. The molecule has 2 fully saturated rings. The summed E-state index contributed by atoms with van der Waals surface area (Å²) in [5, 5.41) is 9.69. The molecular formula is C32H40N4O3. The van der Waals surface area contributed by atoms with Gasteiger partial charge < -0.3 is 25.0 Å². The lowest BCUT2D eigenvalue weighted by Crippen LogP contribution is -2.46. The van der Waals surface area contributed by atoms with Gasteiger partial charge in [0.2, 0.25) is 12.7 Å². The van der Waals surface area contributed by atoms with Crippen molar-refractivity contribution in [2.75, 3.05) is 39.5 Å². The van der Waals surface area contributed by atoms with Crippen LogP contribution in [0.4, 0.5) is 0 Å². The van der Waals surface area contributed by atoms with Gasteiger partial charge >= 0.3 is 0 Å². The second-order valence-electron chi connectivity index (χ2n) is 11.1. The van der Waals surface area contributed by atoms with E-state index < -0.39 is 0 Å². The number of nitrogens with zero attached hydrogens (tertiary/aromatic N) is 2. The summed E-state index contributed by atoms with van der Waals surface area (Å²) in [5.41, 5.74) is 2.42. The summed E-state index contributed by atoms with van der Waals surface area (Å²) >= 11 is 0. The fourth-order valence-electron chi connectivity index (χ4n) is 6.41. The van der Waals surface area contributed by atoms with Crippen LogP contribution in [0.1, 0.15) is 37.3 Å². The molecule has 0 bridgehead atoms. The number of nitrogens with one attached hydrogen (secondary N) is 2. The summed E-state index contributed by atoms with van der Waals surface area (Å²) in [4.78, 5) is 18.5. The quantitative estimate of drug-likeness (QED) is 0.439. The van der Waals surface area contributed by atoms with E-state index >= 15 is 0 Å². The van der Waals surface area contributed by atoms with E-state index in [2.05, 4.69) is 69.8 Å². The maximum atomic E-state index is 13.6. The molecular weight excluding hydrogens is 488 g/mol. The van der Waals surface area contributed by atoms with Crippen LogP contribution in [0, 0.1) is 0 Å². The molecule has 3 aliphatic rings. The van der Waals surface area contributed by atoms with Crippen LogP contribution in [0.5, 0.6) is 11.5 Å². The highest BCUT2D eigenvalue weighted by Crippen LogP contribution is 2.32. The highest BCUT2D eigenvalue weighted by atomic mass is 16.7. The summed E-state index contributed by atoms with van der Waals surface area (Å²) in [6, 6.07) is 21.8. The van der Waals surface area contributed by atoms with Gasteiger partial charge in [-0.15, -0.1) is 0 Å². The number of likely N-dealkylation sites (tertiary alicyclic amines) is 2. The standard InChI is InChI=1S/C32H40N4O3/c1-2-35-16-13-26(14-17-35)34-27-19-29(32(37)33-15-12-23-10-11-30-31(18-23)39-22-38-30)36(21-27)20-25-8-5-7-24-6-3-4-9-28(24)25/h3-11,18,26-27,29,34H,2,12-17,19-22H2,1H3,(H,33,37)/t27-,29+/m1/s1. The van der Waals surface area contributed by atoms with Crippen LogP contribution < -0.4 is 20.1 Å². The Morgan fingerprint density at radius 1 is 0.974 bits per heavy atom. The van der Waals surface area contributed by atoms with Crippen LogP contribution >= 0.6 is 0 Å². The highest BCUT2D eigenvalue weighted by Gasteiger charge is 2.37. The van der Waals surface area contributed by atoms with Gasteiger partial charge in [-0.1, -0.05) is 55.5 Å². The number of fused-ring (bicyclic) bond motifs is 2. The van der Waals surface area contributed by atoms with Gasteiger partial charge in [0.05, 0.1) is 6.04 Å². The zero-order valence-electron chi connectivity index (χ0n) is 22.9. The average Bonchev–Trinajstić information content (AvgIpc) is 3.60. The van der Waals surface area contributed by atoms with E-state index in [1.165, 1.54) is 29.2 Å². The Hall–Kier alpha value is -3.13. The molecule has 7 nitrogen and oxygen atoms in total. The number of rotatable bonds is 9. The van der Waals surface area contributed by atoms with E-state index in [1.54, 1.807) is 0 Å². The fraction of sp³-hybridized carbons (Fsp3) is 0.469. The third-order valence-corrected chi connectivity index (χ3v) is 8.62. The third-order valence-electron chi connectivity index (χ3n) is 8.62. The Morgan fingerprint density at radius 3 is 2.67 bits per heavy atom. The second-order valence-corrected chi connectivity index (χ2v) is 11.1. The van der Waals surface area contributed by atoms with Gasteiger partial charge in [-0.05, 0) is 79.3 Å². The minimum absolute atomic E-state index is 0.126. The number of carbonyl (C=O) groups is 1. The number of benzene rings is 3.